The minimum atomic E-state index is 0.168. The average molecular weight is 456 g/mol. The van der Waals surface area contributed by atoms with Gasteiger partial charge in [0.25, 0.3) is 0 Å². The number of hydrogen-bond donors (Lipinski definition) is 1. The summed E-state index contributed by atoms with van der Waals surface area (Å²) < 4.78 is 0. The van der Waals surface area contributed by atoms with Crippen molar-refractivity contribution >= 4 is 39.2 Å². The zero-order valence-electron chi connectivity index (χ0n) is 18.7. The number of nitrogens with one attached hydrogen (secondary N) is 1. The first kappa shape index (κ1) is 20.5. The first-order chi connectivity index (χ1) is 15.0. The van der Waals surface area contributed by atoms with Crippen LogP contribution in [0.4, 0.5) is 0 Å². The maximum Gasteiger partial charge on any atom is 0.230 e. The van der Waals surface area contributed by atoms with Crippen LogP contribution in [0.3, 0.4) is 0 Å². The van der Waals surface area contributed by atoms with E-state index in [0.29, 0.717) is 11.2 Å². The molecule has 1 atom stereocenters. The van der Waals surface area contributed by atoms with Gasteiger partial charge in [-0.2, -0.15) is 0 Å². The molecule has 166 valence electrons. The molecule has 2 heterocycles. The van der Waals surface area contributed by atoms with E-state index in [2.05, 4.69) is 12.2 Å². The van der Waals surface area contributed by atoms with Gasteiger partial charge in [-0.15, -0.1) is 11.3 Å². The Morgan fingerprint density at radius 3 is 2.52 bits per heavy atom. The van der Waals surface area contributed by atoms with Crippen LogP contribution in [-0.2, 0) is 17.6 Å². The van der Waals surface area contributed by atoms with Gasteiger partial charge in [0.1, 0.15) is 15.7 Å². The lowest BCUT2D eigenvalue weighted by Crippen LogP contribution is -2.56. The molecule has 1 amide bonds. The van der Waals surface area contributed by atoms with Gasteiger partial charge < -0.3 is 5.32 Å². The largest absolute Gasteiger partial charge is 0.352 e. The molecule has 2 aromatic heterocycles. The summed E-state index contributed by atoms with van der Waals surface area (Å²) in [6.45, 7) is 4.25. The minimum Gasteiger partial charge on any atom is -0.352 e. The van der Waals surface area contributed by atoms with Gasteiger partial charge in [0.15, 0.2) is 0 Å². The molecule has 1 N–H and O–H groups in total. The molecule has 5 aliphatic carbocycles. The highest BCUT2D eigenvalue weighted by Crippen LogP contribution is 2.61. The third-order valence-electron chi connectivity index (χ3n) is 8.61. The summed E-state index contributed by atoms with van der Waals surface area (Å²) in [5, 5.41) is 5.67. The second-order valence-electron chi connectivity index (χ2n) is 10.8. The number of fused-ring (bicyclic) bond motifs is 3. The van der Waals surface area contributed by atoms with Crippen LogP contribution in [0, 0.1) is 30.1 Å². The predicted octanol–water partition coefficient (Wildman–Crippen LogP) is 5.69. The molecule has 0 aromatic carbocycles. The number of rotatable bonds is 5. The molecule has 0 saturated heterocycles. The van der Waals surface area contributed by atoms with Gasteiger partial charge in [-0.3, -0.25) is 4.79 Å². The fraction of sp³-hybridized carbons (Fsp3) is 0.720. The van der Waals surface area contributed by atoms with Crippen molar-refractivity contribution in [3.63, 3.8) is 0 Å². The third kappa shape index (κ3) is 3.62. The zero-order chi connectivity index (χ0) is 21.2. The van der Waals surface area contributed by atoms with Gasteiger partial charge in [-0.05, 0) is 107 Å². The van der Waals surface area contributed by atoms with Crippen molar-refractivity contribution in [3.05, 3.63) is 16.3 Å². The molecule has 7 rings (SSSR count). The van der Waals surface area contributed by atoms with E-state index in [1.54, 1.807) is 11.8 Å². The van der Waals surface area contributed by atoms with Gasteiger partial charge in [0.2, 0.25) is 5.91 Å². The molecule has 4 nitrogen and oxygen atoms in total. The Bertz CT molecular complexity index is 994. The number of carbonyl (C=O) groups is 1. The molecule has 0 radical (unpaired) electrons. The highest BCUT2D eigenvalue weighted by atomic mass is 32.2. The Kier molecular flexibility index (Phi) is 5.10. The minimum absolute atomic E-state index is 0.168. The van der Waals surface area contributed by atoms with Crippen LogP contribution in [0.5, 0.6) is 0 Å². The molecular formula is C25H33N3OS2. The van der Waals surface area contributed by atoms with Crippen molar-refractivity contribution < 1.29 is 4.79 Å². The highest BCUT2D eigenvalue weighted by molar-refractivity contribution is 8.00. The third-order valence-corrected chi connectivity index (χ3v) is 10.8. The Morgan fingerprint density at radius 2 is 1.81 bits per heavy atom. The van der Waals surface area contributed by atoms with Gasteiger partial charge in [-0.1, -0.05) is 11.8 Å². The Hall–Kier alpha value is -1.14. The summed E-state index contributed by atoms with van der Waals surface area (Å²) in [5.41, 5.74) is 1.82. The van der Waals surface area contributed by atoms with Crippen LogP contribution >= 0.6 is 23.1 Å². The summed E-state index contributed by atoms with van der Waals surface area (Å²) in [4.78, 5) is 25.1. The Morgan fingerprint density at radius 1 is 1.13 bits per heavy atom. The number of hydrogen-bond acceptors (Lipinski definition) is 5. The number of amides is 1. The number of thiophene rings is 1. The Balaban J connectivity index is 1.16. The molecule has 0 aliphatic heterocycles. The lowest BCUT2D eigenvalue weighted by molar-refractivity contribution is -0.123. The van der Waals surface area contributed by atoms with Gasteiger partial charge in [-0.25, -0.2) is 9.97 Å². The monoisotopic (exact) mass is 455 g/mol. The number of nitrogens with zero attached hydrogens (tertiary/aromatic N) is 2. The number of aryl methyl sites for hydroxylation is 3. The second kappa shape index (κ2) is 7.72. The second-order valence-corrected chi connectivity index (χ2v) is 12.9. The van der Waals surface area contributed by atoms with Crippen LogP contribution in [0.2, 0.25) is 0 Å². The van der Waals surface area contributed by atoms with E-state index in [-0.39, 0.29) is 11.9 Å². The van der Waals surface area contributed by atoms with Crippen LogP contribution in [-0.4, -0.2) is 27.7 Å². The molecular weight excluding hydrogens is 422 g/mol. The van der Waals surface area contributed by atoms with Crippen LogP contribution in [0.15, 0.2) is 5.03 Å². The summed E-state index contributed by atoms with van der Waals surface area (Å²) in [6.07, 6.45) is 13.2. The molecule has 5 aliphatic rings. The lowest BCUT2D eigenvalue weighted by atomic mass is 9.48. The van der Waals surface area contributed by atoms with Crippen molar-refractivity contribution in [3.8, 4) is 0 Å². The first-order valence-electron chi connectivity index (χ1n) is 12.2. The Labute approximate surface area is 193 Å². The molecule has 6 heteroatoms. The topological polar surface area (TPSA) is 54.9 Å². The summed E-state index contributed by atoms with van der Waals surface area (Å²) in [6, 6.07) is 0.287. The number of thioether (sulfide) groups is 1. The SMILES string of the molecule is Cc1nc(SCC(=O)NC(C)C23CC4CC(CC(C4)C2)C3)c2c3c(sc2n1)CCCC3. The van der Waals surface area contributed by atoms with Crippen LogP contribution in [0.1, 0.15) is 74.6 Å². The van der Waals surface area contributed by atoms with Crippen molar-refractivity contribution in [2.45, 2.75) is 89.1 Å². The van der Waals surface area contributed by atoms with E-state index >= 15 is 0 Å². The highest BCUT2D eigenvalue weighted by Gasteiger charge is 2.53. The fourth-order valence-corrected chi connectivity index (χ4v) is 9.89. The van der Waals surface area contributed by atoms with Crippen LogP contribution < -0.4 is 5.32 Å². The molecule has 4 fully saturated rings. The van der Waals surface area contributed by atoms with E-state index in [1.807, 2.05) is 18.3 Å². The molecule has 0 spiro atoms. The van der Waals surface area contributed by atoms with Crippen molar-refractivity contribution in [1.29, 1.82) is 0 Å². The van der Waals surface area contributed by atoms with Gasteiger partial charge in [0, 0.05) is 16.3 Å². The number of carbonyl (C=O) groups excluding carboxylic acids is 1. The normalized spacial score (nSPS) is 32.3. The van der Waals surface area contributed by atoms with E-state index in [9.17, 15) is 4.79 Å². The maximum absolute atomic E-state index is 13.0. The van der Waals surface area contributed by atoms with E-state index in [1.165, 1.54) is 73.6 Å². The maximum atomic E-state index is 13.0. The lowest BCUT2D eigenvalue weighted by Gasteiger charge is -2.59. The zero-order valence-corrected chi connectivity index (χ0v) is 20.3. The molecule has 4 saturated carbocycles. The fourth-order valence-electron chi connectivity index (χ4n) is 7.61. The smallest absolute Gasteiger partial charge is 0.230 e. The first-order valence-corrected chi connectivity index (χ1v) is 14.0. The van der Waals surface area contributed by atoms with Crippen molar-refractivity contribution in [1.82, 2.24) is 15.3 Å². The molecule has 4 bridgehead atoms. The number of aromatic nitrogens is 2. The quantitative estimate of drug-likeness (QED) is 0.465. The van der Waals surface area contributed by atoms with Crippen molar-refractivity contribution in [2.75, 3.05) is 5.75 Å². The standard InChI is InChI=1S/C25H33N3OS2/c1-14(25-10-16-7-17(11-25)9-18(8-16)12-25)26-21(29)13-30-23-22-19-5-3-4-6-20(19)31-24(22)28-15(2)27-23/h14,16-18H,3-13H2,1-2H3,(H,26,29). The van der Waals surface area contributed by atoms with Gasteiger partial charge in [0.05, 0.1) is 5.75 Å². The molecule has 2 aromatic rings. The summed E-state index contributed by atoms with van der Waals surface area (Å²) in [5.74, 6) is 4.19. The summed E-state index contributed by atoms with van der Waals surface area (Å²) >= 11 is 3.45. The molecule has 1 unspecified atom stereocenters. The summed E-state index contributed by atoms with van der Waals surface area (Å²) in [7, 11) is 0. The van der Waals surface area contributed by atoms with E-state index < -0.39 is 0 Å². The van der Waals surface area contributed by atoms with E-state index in [4.69, 9.17) is 9.97 Å². The molecule has 31 heavy (non-hydrogen) atoms. The van der Waals surface area contributed by atoms with Crippen molar-refractivity contribution in [2.24, 2.45) is 23.2 Å². The predicted molar refractivity (Wildman–Crippen MR) is 128 cm³/mol. The average Bonchev–Trinajstić information content (AvgIpc) is 3.09. The van der Waals surface area contributed by atoms with E-state index in [0.717, 1.165) is 39.9 Å². The van der Waals surface area contributed by atoms with Gasteiger partial charge >= 0.3 is 0 Å². The van der Waals surface area contributed by atoms with Crippen LogP contribution in [0.25, 0.3) is 10.2 Å².